The SMILES string of the molecule is COc1cc2cc(c1Cl)N(C)C(=O)C[C@H](OC(=O)[C@H](C)N(C)C(=O)CCS)[C@@H]1O[C@H]1[C@H](C)[C@@H]1C[C@@](O)(NC(=O)O1)[C@H](OC)/C=C/C=C(\C)C2. The van der Waals surface area contributed by atoms with Crippen molar-refractivity contribution in [3.63, 3.8) is 0 Å². The largest absolute Gasteiger partial charge is 0.495 e. The fourth-order valence-corrected chi connectivity index (χ4v) is 6.63. The molecule has 0 aliphatic carbocycles. The molecule has 0 unspecified atom stereocenters. The first kappa shape index (κ1) is 38.5. The number of anilines is 1. The van der Waals surface area contributed by atoms with E-state index in [2.05, 4.69) is 17.9 Å². The average Bonchev–Trinajstić information content (AvgIpc) is 3.85. The Morgan fingerprint density at radius 2 is 1.98 bits per heavy atom. The van der Waals surface area contributed by atoms with Crippen LogP contribution >= 0.6 is 24.2 Å². The number of alkyl carbamates (subject to hydrolysis) is 1. The molecule has 3 aliphatic heterocycles. The van der Waals surface area contributed by atoms with Crippen LogP contribution < -0.4 is 15.0 Å². The first-order valence-corrected chi connectivity index (χ1v) is 17.1. The van der Waals surface area contributed by atoms with Crippen molar-refractivity contribution in [1.82, 2.24) is 10.2 Å². The summed E-state index contributed by atoms with van der Waals surface area (Å²) in [6, 6.07) is 2.61. The van der Waals surface area contributed by atoms with Gasteiger partial charge in [-0.15, -0.1) is 0 Å². The van der Waals surface area contributed by atoms with Crippen molar-refractivity contribution in [3.8, 4) is 5.75 Å². The summed E-state index contributed by atoms with van der Waals surface area (Å²) < 4.78 is 28.7. The maximum atomic E-state index is 13.9. The first-order valence-electron chi connectivity index (χ1n) is 16.1. The number of likely N-dealkylation sites (N-methyl/N-ethyl adjacent to an activating group) is 1. The summed E-state index contributed by atoms with van der Waals surface area (Å²) in [6.45, 7) is 5.24. The third-order valence-corrected chi connectivity index (χ3v) is 9.92. The molecule has 4 bridgehead atoms. The van der Waals surface area contributed by atoms with Gasteiger partial charge in [-0.3, -0.25) is 14.9 Å². The number of nitrogens with zero attached hydrogens (tertiary/aromatic N) is 2. The topological polar surface area (TPSA) is 156 Å². The second kappa shape index (κ2) is 16.2. The van der Waals surface area contributed by atoms with E-state index >= 15 is 0 Å². The van der Waals surface area contributed by atoms with Crippen molar-refractivity contribution in [2.75, 3.05) is 39.0 Å². The van der Waals surface area contributed by atoms with Gasteiger partial charge in [0, 0.05) is 40.0 Å². The molecule has 2 N–H and O–H groups in total. The van der Waals surface area contributed by atoms with E-state index in [1.54, 1.807) is 38.3 Å². The van der Waals surface area contributed by atoms with E-state index < -0.39 is 66.2 Å². The molecule has 3 heterocycles. The number of thiol groups is 1. The molecule has 8 atom stereocenters. The van der Waals surface area contributed by atoms with Crippen LogP contribution in [-0.4, -0.2) is 110 Å². The number of aliphatic hydroxyl groups is 1. The number of hydrogen-bond donors (Lipinski definition) is 3. The van der Waals surface area contributed by atoms with Gasteiger partial charge in [-0.25, -0.2) is 9.59 Å². The van der Waals surface area contributed by atoms with Crippen LogP contribution in [0.25, 0.3) is 0 Å². The van der Waals surface area contributed by atoms with E-state index in [0.717, 1.165) is 11.1 Å². The van der Waals surface area contributed by atoms with Crippen LogP contribution in [0.1, 0.15) is 45.6 Å². The highest BCUT2D eigenvalue weighted by molar-refractivity contribution is 7.80. The number of carbonyl (C=O) groups excluding carboxylic acids is 4. The number of halogens is 1. The maximum Gasteiger partial charge on any atom is 0.409 e. The van der Waals surface area contributed by atoms with E-state index in [9.17, 15) is 24.3 Å². The van der Waals surface area contributed by atoms with E-state index in [0.29, 0.717) is 23.6 Å². The van der Waals surface area contributed by atoms with E-state index in [-0.39, 0.29) is 30.2 Å². The Morgan fingerprint density at radius 3 is 2.63 bits per heavy atom. The smallest absolute Gasteiger partial charge is 0.409 e. The summed E-state index contributed by atoms with van der Waals surface area (Å²) in [7, 11) is 5.98. The van der Waals surface area contributed by atoms with Gasteiger partial charge in [-0.2, -0.15) is 12.6 Å². The highest BCUT2D eigenvalue weighted by atomic mass is 35.5. The lowest BCUT2D eigenvalue weighted by molar-refractivity contribution is -0.159. The summed E-state index contributed by atoms with van der Waals surface area (Å²) in [5.41, 5.74) is 0.325. The van der Waals surface area contributed by atoms with Gasteiger partial charge in [-0.05, 0) is 43.7 Å². The minimum Gasteiger partial charge on any atom is -0.495 e. The number of benzene rings is 1. The zero-order valence-corrected chi connectivity index (χ0v) is 30.5. The number of esters is 1. The third-order valence-electron chi connectivity index (χ3n) is 9.32. The molecule has 49 heavy (non-hydrogen) atoms. The normalized spacial score (nSPS) is 31.2. The van der Waals surface area contributed by atoms with Crippen molar-refractivity contribution in [2.45, 2.75) is 88.7 Å². The molecular weight excluding hydrogens is 678 g/mol. The number of ether oxygens (including phenoxy) is 5. The fraction of sp³-hybridized carbons (Fsp3) is 0.588. The highest BCUT2D eigenvalue weighted by Gasteiger charge is 2.56. The average molecular weight is 724 g/mol. The van der Waals surface area contributed by atoms with Crippen molar-refractivity contribution in [3.05, 3.63) is 46.5 Å². The van der Waals surface area contributed by atoms with Crippen molar-refractivity contribution >= 4 is 53.8 Å². The molecule has 4 rings (SSSR count). The van der Waals surface area contributed by atoms with Gasteiger partial charge in [0.05, 0.1) is 25.3 Å². The molecule has 0 spiro atoms. The molecule has 2 saturated heterocycles. The lowest BCUT2D eigenvalue weighted by Gasteiger charge is -2.41. The van der Waals surface area contributed by atoms with Crippen LogP contribution in [0, 0.1) is 5.92 Å². The van der Waals surface area contributed by atoms with E-state index in [1.807, 2.05) is 13.0 Å². The molecule has 270 valence electrons. The fourth-order valence-electron chi connectivity index (χ4n) is 6.12. The molecule has 13 nitrogen and oxygen atoms in total. The molecule has 0 radical (unpaired) electrons. The van der Waals surface area contributed by atoms with Gasteiger partial charge in [0.1, 0.15) is 41.2 Å². The van der Waals surface area contributed by atoms with Crippen molar-refractivity contribution in [1.29, 1.82) is 0 Å². The van der Waals surface area contributed by atoms with Gasteiger partial charge in [0.25, 0.3) is 0 Å². The van der Waals surface area contributed by atoms with Crippen LogP contribution in [0.3, 0.4) is 0 Å². The minimum atomic E-state index is -1.81. The standard InChI is InChI=1S/C34H46ClN3O10S/c1-18-9-8-10-26(45-7)34(43)17-25(47-33(42)36-34)19(2)30-31(48-30)24(46-32(41)20(3)37(4)27(39)11-12-49)16-28(40)38(5)22-14-21(13-18)15-23(44-6)29(22)35/h8-10,14-15,19-20,24-26,30-31,43,49H,11-13,16-17H2,1-7H3,(H,36,42)/b10-8+,18-9+/t19-,20+,24+,25+,26-,30+,31+,34+/m1/s1. The van der Waals surface area contributed by atoms with Gasteiger partial charge in [0.2, 0.25) is 11.8 Å². The number of hydrogen-bond acceptors (Lipinski definition) is 11. The summed E-state index contributed by atoms with van der Waals surface area (Å²) in [5, 5.41) is 14.3. The molecule has 0 aromatic heterocycles. The molecule has 0 saturated carbocycles. The number of allylic oxidation sites excluding steroid dienone is 3. The van der Waals surface area contributed by atoms with Crippen molar-refractivity contribution < 1.29 is 48.0 Å². The molecular formula is C34H46ClN3O10S. The van der Waals surface area contributed by atoms with Crippen LogP contribution in [0.5, 0.6) is 5.75 Å². The Kier molecular flexibility index (Phi) is 12.7. The Morgan fingerprint density at radius 1 is 1.27 bits per heavy atom. The Hall–Kier alpha value is -3.30. The van der Waals surface area contributed by atoms with E-state index in [4.69, 9.17) is 35.3 Å². The maximum absolute atomic E-state index is 13.9. The Balaban J connectivity index is 1.74. The zero-order chi connectivity index (χ0) is 36.2. The van der Waals surface area contributed by atoms with Gasteiger partial charge in [-0.1, -0.05) is 42.3 Å². The molecule has 1 aromatic carbocycles. The van der Waals surface area contributed by atoms with Crippen LogP contribution in [-0.2, 0) is 39.8 Å². The number of nitrogens with one attached hydrogen (secondary N) is 1. The quantitative estimate of drug-likeness (QED) is 0.216. The summed E-state index contributed by atoms with van der Waals surface area (Å²) in [4.78, 5) is 55.2. The van der Waals surface area contributed by atoms with Crippen LogP contribution in [0.2, 0.25) is 5.02 Å². The lowest BCUT2D eigenvalue weighted by atomic mass is 9.87. The Bertz CT molecular complexity index is 1490. The second-order valence-electron chi connectivity index (χ2n) is 12.8. The van der Waals surface area contributed by atoms with E-state index in [1.165, 1.54) is 38.0 Å². The number of carbonyl (C=O) groups is 4. The van der Waals surface area contributed by atoms with Crippen molar-refractivity contribution in [2.24, 2.45) is 5.92 Å². The van der Waals surface area contributed by atoms with Crippen LogP contribution in [0.4, 0.5) is 10.5 Å². The van der Waals surface area contributed by atoms with Gasteiger partial charge >= 0.3 is 12.1 Å². The Labute approximate surface area is 297 Å². The second-order valence-corrected chi connectivity index (χ2v) is 13.6. The molecule has 2 fully saturated rings. The zero-order valence-electron chi connectivity index (χ0n) is 28.8. The lowest BCUT2D eigenvalue weighted by Crippen LogP contribution is -2.63. The molecule has 3 aliphatic rings. The third kappa shape index (κ3) is 8.90. The van der Waals surface area contributed by atoms with Crippen LogP contribution in [0.15, 0.2) is 35.9 Å². The summed E-state index contributed by atoms with van der Waals surface area (Å²) in [6.07, 6.45) is 0.505. The first-order chi connectivity index (χ1) is 23.1. The summed E-state index contributed by atoms with van der Waals surface area (Å²) >= 11 is 10.8. The number of rotatable bonds is 7. The number of epoxide rings is 1. The molecule has 3 amide bonds. The number of fused-ring (bicyclic) bond motifs is 5. The molecule has 1 aromatic rings. The number of methoxy groups -OCH3 is 2. The number of amides is 3. The van der Waals surface area contributed by atoms with Gasteiger partial charge < -0.3 is 38.6 Å². The predicted molar refractivity (Wildman–Crippen MR) is 185 cm³/mol. The summed E-state index contributed by atoms with van der Waals surface area (Å²) in [5.74, 6) is -1.24. The predicted octanol–water partition coefficient (Wildman–Crippen LogP) is 3.44. The van der Waals surface area contributed by atoms with Gasteiger partial charge in [0.15, 0.2) is 5.72 Å². The molecule has 15 heteroatoms. The monoisotopic (exact) mass is 723 g/mol. The highest BCUT2D eigenvalue weighted by Crippen LogP contribution is 2.41. The minimum absolute atomic E-state index is 0.0383.